The van der Waals surface area contributed by atoms with Crippen LogP contribution in [0.4, 0.5) is 5.69 Å². The molecule has 0 aromatic heterocycles. The molecule has 0 radical (unpaired) electrons. The topological polar surface area (TPSA) is 67.6 Å². The minimum Gasteiger partial charge on any atom is -0.377 e. The third kappa shape index (κ3) is 4.18. The summed E-state index contributed by atoms with van der Waals surface area (Å²) in [4.78, 5) is 13.6. The minimum absolute atomic E-state index is 0.349. The standard InChI is InChI=1S/C15H22BrN3O2/c1-2-5-18-9-11-3-4-13(12(16)8-11)19-6-7-21-10-14(19)15(17)20/h3-4,8,14,18H,2,5-7,9-10H2,1H3,(H2,17,20). The summed E-state index contributed by atoms with van der Waals surface area (Å²) < 4.78 is 6.33. The largest absolute Gasteiger partial charge is 0.377 e. The van der Waals surface area contributed by atoms with Crippen LogP contribution in [0.1, 0.15) is 18.9 Å². The van der Waals surface area contributed by atoms with Gasteiger partial charge in [-0.1, -0.05) is 13.0 Å². The minimum atomic E-state index is -0.404. The molecule has 1 heterocycles. The Labute approximate surface area is 134 Å². The zero-order valence-corrected chi connectivity index (χ0v) is 13.9. The van der Waals surface area contributed by atoms with E-state index < -0.39 is 6.04 Å². The van der Waals surface area contributed by atoms with Crippen molar-refractivity contribution in [3.63, 3.8) is 0 Å². The Bertz CT molecular complexity index is 496. The maximum absolute atomic E-state index is 11.6. The molecule has 1 atom stereocenters. The van der Waals surface area contributed by atoms with E-state index >= 15 is 0 Å². The van der Waals surface area contributed by atoms with Gasteiger partial charge in [0, 0.05) is 17.6 Å². The molecule has 1 unspecified atom stereocenters. The highest BCUT2D eigenvalue weighted by molar-refractivity contribution is 9.10. The number of nitrogens with two attached hydrogens (primary N) is 1. The summed E-state index contributed by atoms with van der Waals surface area (Å²) in [7, 11) is 0. The Kier molecular flexibility index (Phi) is 6.02. The lowest BCUT2D eigenvalue weighted by atomic mass is 10.1. The normalized spacial score (nSPS) is 18.8. The number of hydrogen-bond acceptors (Lipinski definition) is 4. The van der Waals surface area contributed by atoms with Crippen molar-refractivity contribution in [1.82, 2.24) is 5.32 Å². The van der Waals surface area contributed by atoms with E-state index in [9.17, 15) is 4.79 Å². The second-order valence-corrected chi connectivity index (χ2v) is 6.00. The first-order chi connectivity index (χ1) is 10.1. The number of hydrogen-bond donors (Lipinski definition) is 2. The quantitative estimate of drug-likeness (QED) is 0.761. The lowest BCUT2D eigenvalue weighted by Crippen LogP contribution is -2.52. The molecule has 1 amide bonds. The third-order valence-electron chi connectivity index (χ3n) is 3.53. The molecule has 1 aliphatic rings. The van der Waals surface area contributed by atoms with Gasteiger partial charge in [0.2, 0.25) is 5.91 Å². The summed E-state index contributed by atoms with van der Waals surface area (Å²) in [6.45, 7) is 5.62. The zero-order valence-electron chi connectivity index (χ0n) is 12.3. The second-order valence-electron chi connectivity index (χ2n) is 5.15. The van der Waals surface area contributed by atoms with E-state index in [0.29, 0.717) is 19.8 Å². The van der Waals surface area contributed by atoms with E-state index in [-0.39, 0.29) is 5.91 Å². The first-order valence-electron chi connectivity index (χ1n) is 7.26. The fourth-order valence-electron chi connectivity index (χ4n) is 2.43. The number of anilines is 1. The van der Waals surface area contributed by atoms with Crippen molar-refractivity contribution in [3.8, 4) is 0 Å². The first kappa shape index (κ1) is 16.3. The number of benzene rings is 1. The summed E-state index contributed by atoms with van der Waals surface area (Å²) in [5.74, 6) is -0.352. The number of rotatable bonds is 6. The van der Waals surface area contributed by atoms with E-state index in [2.05, 4.69) is 40.3 Å². The summed E-state index contributed by atoms with van der Waals surface area (Å²) in [5.41, 5.74) is 7.67. The van der Waals surface area contributed by atoms with Gasteiger partial charge in [-0.15, -0.1) is 0 Å². The molecule has 1 aliphatic heterocycles. The van der Waals surface area contributed by atoms with Gasteiger partial charge in [-0.05, 0) is 46.6 Å². The van der Waals surface area contributed by atoms with Gasteiger partial charge < -0.3 is 20.7 Å². The molecule has 1 saturated heterocycles. The molecule has 0 spiro atoms. The number of ether oxygens (including phenoxy) is 1. The highest BCUT2D eigenvalue weighted by atomic mass is 79.9. The van der Waals surface area contributed by atoms with Gasteiger partial charge in [0.25, 0.3) is 0 Å². The molecule has 0 saturated carbocycles. The Morgan fingerprint density at radius 1 is 1.57 bits per heavy atom. The molecule has 2 rings (SSSR count). The van der Waals surface area contributed by atoms with Gasteiger partial charge in [0.1, 0.15) is 6.04 Å². The molecule has 1 fully saturated rings. The van der Waals surface area contributed by atoms with Crippen LogP contribution < -0.4 is 16.0 Å². The van der Waals surface area contributed by atoms with E-state index in [4.69, 9.17) is 10.5 Å². The van der Waals surface area contributed by atoms with Gasteiger partial charge in [-0.2, -0.15) is 0 Å². The van der Waals surface area contributed by atoms with Crippen LogP contribution in [-0.4, -0.2) is 38.3 Å². The SMILES string of the molecule is CCCNCc1ccc(N2CCOCC2C(N)=O)c(Br)c1. The highest BCUT2D eigenvalue weighted by Crippen LogP contribution is 2.30. The smallest absolute Gasteiger partial charge is 0.242 e. The van der Waals surface area contributed by atoms with E-state index in [1.165, 1.54) is 5.56 Å². The van der Waals surface area contributed by atoms with E-state index in [0.717, 1.165) is 29.7 Å². The molecule has 5 nitrogen and oxygen atoms in total. The molecular weight excluding hydrogens is 334 g/mol. The van der Waals surface area contributed by atoms with Crippen LogP contribution in [0.5, 0.6) is 0 Å². The molecule has 6 heteroatoms. The van der Waals surface area contributed by atoms with Gasteiger partial charge in [0.15, 0.2) is 0 Å². The van der Waals surface area contributed by atoms with Crippen molar-refractivity contribution in [3.05, 3.63) is 28.2 Å². The Hall–Kier alpha value is -1.11. The molecular formula is C15H22BrN3O2. The van der Waals surface area contributed by atoms with Crippen LogP contribution in [0.2, 0.25) is 0 Å². The molecule has 116 valence electrons. The maximum Gasteiger partial charge on any atom is 0.242 e. The fourth-order valence-corrected chi connectivity index (χ4v) is 3.08. The number of halogens is 1. The van der Waals surface area contributed by atoms with Gasteiger partial charge in [-0.25, -0.2) is 0 Å². The van der Waals surface area contributed by atoms with Crippen molar-refractivity contribution >= 4 is 27.5 Å². The van der Waals surface area contributed by atoms with Crippen LogP contribution in [-0.2, 0) is 16.1 Å². The predicted molar refractivity (Wildman–Crippen MR) is 87.3 cm³/mol. The Morgan fingerprint density at radius 3 is 3.05 bits per heavy atom. The van der Waals surface area contributed by atoms with Crippen LogP contribution >= 0.6 is 15.9 Å². The van der Waals surface area contributed by atoms with Crippen molar-refractivity contribution in [2.24, 2.45) is 5.73 Å². The molecule has 1 aromatic rings. The predicted octanol–water partition coefficient (Wildman–Crippen LogP) is 1.64. The average Bonchev–Trinajstić information content (AvgIpc) is 2.48. The van der Waals surface area contributed by atoms with Crippen LogP contribution in [0, 0.1) is 0 Å². The molecule has 0 aliphatic carbocycles. The molecule has 0 bridgehead atoms. The summed E-state index contributed by atoms with van der Waals surface area (Å²) >= 11 is 3.61. The summed E-state index contributed by atoms with van der Waals surface area (Å²) in [6.07, 6.45) is 1.12. The van der Waals surface area contributed by atoms with Gasteiger partial charge in [-0.3, -0.25) is 4.79 Å². The first-order valence-corrected chi connectivity index (χ1v) is 8.05. The van der Waals surface area contributed by atoms with Crippen LogP contribution in [0.25, 0.3) is 0 Å². The van der Waals surface area contributed by atoms with Crippen molar-refractivity contribution in [2.45, 2.75) is 25.9 Å². The fraction of sp³-hybridized carbons (Fsp3) is 0.533. The van der Waals surface area contributed by atoms with Crippen LogP contribution in [0.3, 0.4) is 0 Å². The highest BCUT2D eigenvalue weighted by Gasteiger charge is 2.28. The number of nitrogens with zero attached hydrogens (tertiary/aromatic N) is 1. The lowest BCUT2D eigenvalue weighted by Gasteiger charge is -2.36. The maximum atomic E-state index is 11.6. The number of nitrogens with one attached hydrogen (secondary N) is 1. The van der Waals surface area contributed by atoms with Crippen molar-refractivity contribution < 1.29 is 9.53 Å². The molecule has 3 N–H and O–H groups in total. The number of carbonyl (C=O) groups excluding carboxylic acids is 1. The van der Waals surface area contributed by atoms with Gasteiger partial charge >= 0.3 is 0 Å². The Morgan fingerprint density at radius 2 is 2.38 bits per heavy atom. The molecule has 21 heavy (non-hydrogen) atoms. The average molecular weight is 356 g/mol. The number of carbonyl (C=O) groups is 1. The van der Waals surface area contributed by atoms with Crippen LogP contribution in [0.15, 0.2) is 22.7 Å². The number of primary amides is 1. The van der Waals surface area contributed by atoms with Crippen molar-refractivity contribution in [1.29, 1.82) is 0 Å². The lowest BCUT2D eigenvalue weighted by molar-refractivity contribution is -0.121. The summed E-state index contributed by atoms with van der Waals surface area (Å²) in [5, 5.41) is 3.38. The monoisotopic (exact) mass is 355 g/mol. The summed E-state index contributed by atoms with van der Waals surface area (Å²) in [6, 6.07) is 5.80. The second kappa shape index (κ2) is 7.77. The van der Waals surface area contributed by atoms with Gasteiger partial charge in [0.05, 0.1) is 18.9 Å². The Balaban J connectivity index is 2.13. The zero-order chi connectivity index (χ0) is 15.2. The van der Waals surface area contributed by atoms with E-state index in [1.807, 2.05) is 11.0 Å². The van der Waals surface area contributed by atoms with Crippen molar-refractivity contribution in [2.75, 3.05) is 31.2 Å². The number of morpholine rings is 1. The van der Waals surface area contributed by atoms with E-state index in [1.54, 1.807) is 0 Å². The third-order valence-corrected chi connectivity index (χ3v) is 4.17. The number of amides is 1. The molecule has 1 aromatic carbocycles.